The van der Waals surface area contributed by atoms with E-state index in [9.17, 15) is 4.79 Å². The van der Waals surface area contributed by atoms with Crippen molar-refractivity contribution in [3.05, 3.63) is 41.0 Å². The van der Waals surface area contributed by atoms with Gasteiger partial charge in [0.05, 0.1) is 0 Å². The Morgan fingerprint density at radius 3 is 2.38 bits per heavy atom. The molecule has 3 rings (SSSR count). The van der Waals surface area contributed by atoms with Crippen LogP contribution in [-0.4, -0.2) is 6.29 Å². The third-order valence-electron chi connectivity index (χ3n) is 4.01. The molecule has 2 atom stereocenters. The summed E-state index contributed by atoms with van der Waals surface area (Å²) in [6.07, 6.45) is 8.78. The van der Waals surface area contributed by atoms with E-state index in [0.29, 0.717) is 0 Å². The first-order valence-electron chi connectivity index (χ1n) is 6.11. The maximum Gasteiger partial charge on any atom is 0.150 e. The SMILES string of the molecule is O=Cc1ccc(C=C2CC3CCC2C3)cc1. The molecule has 1 aromatic rings. The predicted molar refractivity (Wildman–Crippen MR) is 65.3 cm³/mol. The molecule has 16 heavy (non-hydrogen) atoms. The summed E-state index contributed by atoms with van der Waals surface area (Å²) >= 11 is 0. The Hall–Kier alpha value is -1.37. The van der Waals surface area contributed by atoms with Crippen LogP contribution in [0.1, 0.15) is 41.6 Å². The van der Waals surface area contributed by atoms with Gasteiger partial charge in [-0.3, -0.25) is 4.79 Å². The largest absolute Gasteiger partial charge is 0.298 e. The van der Waals surface area contributed by atoms with Gasteiger partial charge in [0.1, 0.15) is 6.29 Å². The van der Waals surface area contributed by atoms with E-state index in [0.717, 1.165) is 23.7 Å². The van der Waals surface area contributed by atoms with Gasteiger partial charge in [-0.15, -0.1) is 0 Å². The van der Waals surface area contributed by atoms with Gasteiger partial charge >= 0.3 is 0 Å². The van der Waals surface area contributed by atoms with Crippen molar-refractivity contribution in [3.63, 3.8) is 0 Å². The molecule has 0 amide bonds. The fourth-order valence-electron chi connectivity index (χ4n) is 3.16. The van der Waals surface area contributed by atoms with Gasteiger partial charge in [-0.05, 0) is 43.1 Å². The summed E-state index contributed by atoms with van der Waals surface area (Å²) in [6, 6.07) is 7.88. The molecule has 1 aromatic carbocycles. The summed E-state index contributed by atoms with van der Waals surface area (Å²) < 4.78 is 0. The van der Waals surface area contributed by atoms with E-state index in [2.05, 4.69) is 6.08 Å². The molecular formula is C15H16O. The van der Waals surface area contributed by atoms with Crippen LogP contribution in [0.25, 0.3) is 6.08 Å². The smallest absolute Gasteiger partial charge is 0.150 e. The van der Waals surface area contributed by atoms with Crippen LogP contribution in [-0.2, 0) is 0 Å². The number of hydrogen-bond donors (Lipinski definition) is 0. The van der Waals surface area contributed by atoms with Crippen LogP contribution >= 0.6 is 0 Å². The fraction of sp³-hybridized carbons (Fsp3) is 0.400. The first-order valence-corrected chi connectivity index (χ1v) is 6.11. The molecule has 0 saturated heterocycles. The Bertz CT molecular complexity index is 427. The fourth-order valence-corrected chi connectivity index (χ4v) is 3.16. The maximum atomic E-state index is 10.6. The molecule has 1 nitrogen and oxygen atoms in total. The van der Waals surface area contributed by atoms with Gasteiger partial charge in [0.15, 0.2) is 0 Å². The lowest BCUT2D eigenvalue weighted by Gasteiger charge is -2.12. The zero-order chi connectivity index (χ0) is 11.0. The molecule has 2 fully saturated rings. The van der Waals surface area contributed by atoms with Gasteiger partial charge in [0.2, 0.25) is 0 Å². The number of benzene rings is 1. The molecule has 2 unspecified atom stereocenters. The monoisotopic (exact) mass is 212 g/mol. The lowest BCUT2D eigenvalue weighted by molar-refractivity contribution is 0.112. The molecule has 2 aliphatic rings. The number of carbonyl (C=O) groups excluding carboxylic acids is 1. The molecule has 0 N–H and O–H groups in total. The van der Waals surface area contributed by atoms with Crippen LogP contribution in [0.3, 0.4) is 0 Å². The Balaban J connectivity index is 1.82. The highest BCUT2D eigenvalue weighted by atomic mass is 16.1. The van der Waals surface area contributed by atoms with Crippen LogP contribution in [0.4, 0.5) is 0 Å². The number of rotatable bonds is 2. The van der Waals surface area contributed by atoms with E-state index >= 15 is 0 Å². The minimum Gasteiger partial charge on any atom is -0.298 e. The zero-order valence-electron chi connectivity index (χ0n) is 9.36. The molecule has 82 valence electrons. The zero-order valence-corrected chi connectivity index (χ0v) is 9.36. The second-order valence-electron chi connectivity index (χ2n) is 5.08. The number of hydrogen-bond acceptors (Lipinski definition) is 1. The van der Waals surface area contributed by atoms with Crippen molar-refractivity contribution in [2.24, 2.45) is 11.8 Å². The highest BCUT2D eigenvalue weighted by Gasteiger charge is 2.34. The lowest BCUT2D eigenvalue weighted by Crippen LogP contribution is -1.97. The topological polar surface area (TPSA) is 17.1 Å². The normalized spacial score (nSPS) is 29.9. The number of carbonyl (C=O) groups is 1. The quantitative estimate of drug-likeness (QED) is 0.683. The van der Waals surface area contributed by atoms with E-state index in [1.54, 1.807) is 5.57 Å². The molecule has 0 heterocycles. The van der Waals surface area contributed by atoms with Crippen LogP contribution in [0, 0.1) is 11.8 Å². The number of aldehydes is 1. The molecule has 0 aromatic heterocycles. The molecule has 2 saturated carbocycles. The van der Waals surface area contributed by atoms with Crippen LogP contribution in [0.15, 0.2) is 29.8 Å². The first-order chi connectivity index (χ1) is 7.85. The summed E-state index contributed by atoms with van der Waals surface area (Å²) in [7, 11) is 0. The van der Waals surface area contributed by atoms with Crippen molar-refractivity contribution in [1.29, 1.82) is 0 Å². The predicted octanol–water partition coefficient (Wildman–Crippen LogP) is 3.70. The van der Waals surface area contributed by atoms with E-state index in [4.69, 9.17) is 0 Å². The highest BCUT2D eigenvalue weighted by Crippen LogP contribution is 2.48. The molecular weight excluding hydrogens is 196 g/mol. The van der Waals surface area contributed by atoms with E-state index in [1.807, 2.05) is 24.3 Å². The van der Waals surface area contributed by atoms with Crippen molar-refractivity contribution in [2.75, 3.05) is 0 Å². The third kappa shape index (κ3) is 1.71. The molecule has 0 radical (unpaired) electrons. The van der Waals surface area contributed by atoms with Gasteiger partial charge < -0.3 is 0 Å². The van der Waals surface area contributed by atoms with E-state index < -0.39 is 0 Å². The van der Waals surface area contributed by atoms with Crippen LogP contribution in [0.2, 0.25) is 0 Å². The number of fused-ring (bicyclic) bond motifs is 2. The Morgan fingerprint density at radius 2 is 1.81 bits per heavy atom. The van der Waals surface area contributed by atoms with Crippen molar-refractivity contribution in [3.8, 4) is 0 Å². The van der Waals surface area contributed by atoms with Gasteiger partial charge in [0.25, 0.3) is 0 Å². The van der Waals surface area contributed by atoms with Gasteiger partial charge in [0, 0.05) is 5.56 Å². The summed E-state index contributed by atoms with van der Waals surface area (Å²) in [4.78, 5) is 10.6. The minimum absolute atomic E-state index is 0.759. The molecule has 2 bridgehead atoms. The van der Waals surface area contributed by atoms with E-state index in [1.165, 1.54) is 31.2 Å². The summed E-state index contributed by atoms with van der Waals surface area (Å²) in [5.41, 5.74) is 3.64. The Kier molecular flexibility index (Phi) is 2.39. The highest BCUT2D eigenvalue weighted by molar-refractivity contribution is 5.75. The van der Waals surface area contributed by atoms with Crippen molar-refractivity contribution in [2.45, 2.75) is 25.7 Å². The summed E-state index contributed by atoms with van der Waals surface area (Å²) in [6.45, 7) is 0. The first kappa shape index (κ1) is 9.83. The Morgan fingerprint density at radius 1 is 1.06 bits per heavy atom. The van der Waals surface area contributed by atoms with Crippen LogP contribution < -0.4 is 0 Å². The minimum atomic E-state index is 0.759. The molecule has 1 heteroatoms. The summed E-state index contributed by atoms with van der Waals surface area (Å²) in [5, 5.41) is 0. The van der Waals surface area contributed by atoms with E-state index in [-0.39, 0.29) is 0 Å². The van der Waals surface area contributed by atoms with Crippen molar-refractivity contribution in [1.82, 2.24) is 0 Å². The molecule has 0 spiro atoms. The average Bonchev–Trinajstić information content (AvgIpc) is 2.92. The second kappa shape index (κ2) is 3.89. The average molecular weight is 212 g/mol. The molecule has 2 aliphatic carbocycles. The second-order valence-corrected chi connectivity index (χ2v) is 5.08. The third-order valence-corrected chi connectivity index (χ3v) is 4.01. The van der Waals surface area contributed by atoms with Gasteiger partial charge in [-0.25, -0.2) is 0 Å². The lowest BCUT2D eigenvalue weighted by atomic mass is 9.93. The van der Waals surface area contributed by atoms with Crippen molar-refractivity contribution < 1.29 is 4.79 Å². The maximum absolute atomic E-state index is 10.6. The number of allylic oxidation sites excluding steroid dienone is 1. The summed E-state index contributed by atoms with van der Waals surface area (Å²) in [5.74, 6) is 1.82. The Labute approximate surface area is 96.2 Å². The van der Waals surface area contributed by atoms with Gasteiger partial charge in [-0.1, -0.05) is 35.9 Å². The van der Waals surface area contributed by atoms with Crippen molar-refractivity contribution >= 4 is 12.4 Å². The van der Waals surface area contributed by atoms with Crippen LogP contribution in [0.5, 0.6) is 0 Å². The molecule has 0 aliphatic heterocycles. The van der Waals surface area contributed by atoms with Gasteiger partial charge in [-0.2, -0.15) is 0 Å². The standard InChI is InChI=1S/C15H16O/c16-10-12-3-1-11(2-4-12)7-15-9-13-5-6-14(15)8-13/h1-4,7,10,13-14H,5-6,8-9H2.